The Hall–Kier alpha value is -3.36. The molecule has 174 valence electrons. The molecule has 1 aromatic heterocycles. The summed E-state index contributed by atoms with van der Waals surface area (Å²) in [5.41, 5.74) is 6.14. The fourth-order valence-electron chi connectivity index (χ4n) is 4.01. The number of benzene rings is 1. The van der Waals surface area contributed by atoms with Gasteiger partial charge in [-0.25, -0.2) is 14.6 Å². The molecular formula is C25H28FN3O4. The van der Waals surface area contributed by atoms with E-state index in [-0.39, 0.29) is 0 Å². The molecule has 1 fully saturated rings. The number of carbonyl (C=O) groups is 2. The Morgan fingerprint density at radius 2 is 1.73 bits per heavy atom. The molecule has 0 bridgehead atoms. The number of rotatable bonds is 6. The molecule has 0 spiro atoms. The van der Waals surface area contributed by atoms with E-state index in [9.17, 15) is 14.0 Å². The molecule has 0 unspecified atom stereocenters. The lowest BCUT2D eigenvalue weighted by molar-refractivity contribution is -0.134. The molecule has 1 aliphatic carbocycles. The van der Waals surface area contributed by atoms with Crippen molar-refractivity contribution in [2.75, 3.05) is 39.8 Å². The summed E-state index contributed by atoms with van der Waals surface area (Å²) in [5.74, 6) is -2.93. The van der Waals surface area contributed by atoms with E-state index in [0.29, 0.717) is 12.2 Å². The van der Waals surface area contributed by atoms with Crippen molar-refractivity contribution in [2.45, 2.75) is 12.8 Å². The second-order valence-electron chi connectivity index (χ2n) is 8.04. The molecule has 1 saturated heterocycles. The fraction of sp³-hybridized carbons (Fsp3) is 0.320. The van der Waals surface area contributed by atoms with Crippen LogP contribution in [-0.2, 0) is 16.0 Å². The van der Waals surface area contributed by atoms with Crippen molar-refractivity contribution in [1.29, 1.82) is 0 Å². The summed E-state index contributed by atoms with van der Waals surface area (Å²) >= 11 is 0. The molecule has 1 aliphatic heterocycles. The van der Waals surface area contributed by atoms with Crippen molar-refractivity contribution >= 4 is 17.5 Å². The maximum absolute atomic E-state index is 13.5. The Labute approximate surface area is 192 Å². The minimum Gasteiger partial charge on any atom is -0.478 e. The van der Waals surface area contributed by atoms with Crippen LogP contribution in [0.15, 0.2) is 54.8 Å². The SMILES string of the molecule is CN1CCN(CCC2=CCc3c2cccc3-c2ccnc(F)c2)CC1.O=C(O)/C=C\C(=O)O. The lowest BCUT2D eigenvalue weighted by Crippen LogP contribution is -2.44. The van der Waals surface area contributed by atoms with Crippen LogP contribution < -0.4 is 0 Å². The van der Waals surface area contributed by atoms with Crippen molar-refractivity contribution in [2.24, 2.45) is 0 Å². The van der Waals surface area contributed by atoms with E-state index in [4.69, 9.17) is 10.2 Å². The Morgan fingerprint density at radius 1 is 1.06 bits per heavy atom. The molecule has 8 heteroatoms. The Bertz CT molecular complexity index is 1040. The smallest absolute Gasteiger partial charge is 0.328 e. The molecule has 0 atom stereocenters. The monoisotopic (exact) mass is 453 g/mol. The number of hydrogen-bond acceptors (Lipinski definition) is 5. The highest BCUT2D eigenvalue weighted by atomic mass is 19.1. The molecule has 4 rings (SSSR count). The fourth-order valence-corrected chi connectivity index (χ4v) is 4.01. The minimum absolute atomic E-state index is 0.420. The van der Waals surface area contributed by atoms with Gasteiger partial charge in [-0.15, -0.1) is 0 Å². The zero-order valence-electron chi connectivity index (χ0n) is 18.6. The first kappa shape index (κ1) is 24.3. The van der Waals surface area contributed by atoms with Gasteiger partial charge in [0, 0.05) is 57.1 Å². The summed E-state index contributed by atoms with van der Waals surface area (Å²) in [6.45, 7) is 5.76. The standard InChI is InChI=1S/C21H24FN3.C4H4O4/c1-24-11-13-25(14-12-24)10-8-16-5-6-20-18(16)3-2-4-19(20)17-7-9-23-21(22)15-17;5-3(6)1-2-4(7)8/h2-5,7,9,15H,6,8,10-14H2,1H3;1-2H,(H,5,6)(H,7,8)/b;2-1-. The third-order valence-corrected chi connectivity index (χ3v) is 5.77. The Kier molecular flexibility index (Phi) is 8.46. The van der Waals surface area contributed by atoms with Crippen LogP contribution in [0, 0.1) is 5.95 Å². The highest BCUT2D eigenvalue weighted by Gasteiger charge is 2.20. The molecule has 0 saturated carbocycles. The Morgan fingerprint density at radius 3 is 2.36 bits per heavy atom. The van der Waals surface area contributed by atoms with Crippen molar-refractivity contribution in [1.82, 2.24) is 14.8 Å². The molecular weight excluding hydrogens is 425 g/mol. The number of aromatic nitrogens is 1. The highest BCUT2D eigenvalue weighted by molar-refractivity contribution is 5.89. The number of carboxylic acids is 2. The zero-order valence-corrected chi connectivity index (χ0v) is 18.6. The quantitative estimate of drug-likeness (QED) is 0.513. The number of hydrogen-bond donors (Lipinski definition) is 2. The maximum Gasteiger partial charge on any atom is 0.328 e. The molecule has 2 N–H and O–H groups in total. The first-order valence-electron chi connectivity index (χ1n) is 10.8. The first-order valence-corrected chi connectivity index (χ1v) is 10.8. The van der Waals surface area contributed by atoms with E-state index in [2.05, 4.69) is 46.1 Å². The van der Waals surface area contributed by atoms with Gasteiger partial charge in [0.05, 0.1) is 0 Å². The number of halogens is 1. The summed E-state index contributed by atoms with van der Waals surface area (Å²) in [4.78, 5) is 27.7. The van der Waals surface area contributed by atoms with E-state index in [1.165, 1.54) is 22.8 Å². The van der Waals surface area contributed by atoms with Crippen LogP contribution in [0.25, 0.3) is 16.7 Å². The first-order chi connectivity index (χ1) is 15.8. The van der Waals surface area contributed by atoms with Crippen molar-refractivity contribution in [3.05, 3.63) is 71.8 Å². The average molecular weight is 454 g/mol. The van der Waals surface area contributed by atoms with Gasteiger partial charge < -0.3 is 20.0 Å². The molecule has 0 radical (unpaired) electrons. The predicted octanol–water partition coefficient (Wildman–Crippen LogP) is 3.18. The van der Waals surface area contributed by atoms with Gasteiger partial charge >= 0.3 is 11.9 Å². The minimum atomic E-state index is -1.26. The summed E-state index contributed by atoms with van der Waals surface area (Å²) in [7, 11) is 2.19. The van der Waals surface area contributed by atoms with E-state index in [1.807, 2.05) is 6.07 Å². The van der Waals surface area contributed by atoms with Crippen molar-refractivity contribution in [3.63, 3.8) is 0 Å². The number of pyridine rings is 1. The van der Waals surface area contributed by atoms with E-state index in [0.717, 1.165) is 56.7 Å². The lowest BCUT2D eigenvalue weighted by atomic mass is 9.95. The summed E-state index contributed by atoms with van der Waals surface area (Å²) < 4.78 is 13.5. The van der Waals surface area contributed by atoms with Crippen LogP contribution in [0.2, 0.25) is 0 Å². The lowest BCUT2D eigenvalue weighted by Gasteiger charge is -2.32. The number of nitrogens with zero attached hydrogens (tertiary/aromatic N) is 3. The van der Waals surface area contributed by atoms with Gasteiger partial charge in [-0.2, -0.15) is 4.39 Å². The van der Waals surface area contributed by atoms with Crippen LogP contribution in [0.4, 0.5) is 4.39 Å². The molecule has 1 aromatic carbocycles. The third kappa shape index (κ3) is 7.06. The normalized spacial score (nSPS) is 16.1. The second-order valence-corrected chi connectivity index (χ2v) is 8.04. The number of fused-ring (bicyclic) bond motifs is 1. The number of piperazine rings is 1. The summed E-state index contributed by atoms with van der Waals surface area (Å²) in [6, 6.07) is 9.80. The molecule has 33 heavy (non-hydrogen) atoms. The van der Waals surface area contributed by atoms with Crippen LogP contribution in [0.3, 0.4) is 0 Å². The number of likely N-dealkylation sites (N-methyl/N-ethyl adjacent to an activating group) is 1. The Balaban J connectivity index is 0.000000331. The highest BCUT2D eigenvalue weighted by Crippen LogP contribution is 2.36. The third-order valence-electron chi connectivity index (χ3n) is 5.77. The van der Waals surface area contributed by atoms with Gasteiger partial charge in [0.15, 0.2) is 0 Å². The van der Waals surface area contributed by atoms with E-state index < -0.39 is 17.9 Å². The van der Waals surface area contributed by atoms with E-state index >= 15 is 0 Å². The van der Waals surface area contributed by atoms with Crippen molar-refractivity contribution < 1.29 is 24.2 Å². The average Bonchev–Trinajstić information content (AvgIpc) is 3.21. The van der Waals surface area contributed by atoms with Gasteiger partial charge in [-0.05, 0) is 53.8 Å². The van der Waals surface area contributed by atoms with Crippen LogP contribution >= 0.6 is 0 Å². The number of allylic oxidation sites excluding steroid dienone is 1. The van der Waals surface area contributed by atoms with Gasteiger partial charge in [-0.1, -0.05) is 24.3 Å². The van der Waals surface area contributed by atoms with Crippen LogP contribution in [-0.4, -0.2) is 76.7 Å². The zero-order chi connectivity index (χ0) is 23.8. The van der Waals surface area contributed by atoms with Gasteiger partial charge in [0.1, 0.15) is 0 Å². The molecule has 2 aliphatic rings. The molecule has 2 heterocycles. The second kappa shape index (κ2) is 11.5. The van der Waals surface area contributed by atoms with Gasteiger partial charge in [-0.3, -0.25) is 0 Å². The number of aliphatic carboxylic acids is 2. The van der Waals surface area contributed by atoms with E-state index in [1.54, 1.807) is 6.20 Å². The van der Waals surface area contributed by atoms with Crippen LogP contribution in [0.5, 0.6) is 0 Å². The van der Waals surface area contributed by atoms with Gasteiger partial charge in [0.25, 0.3) is 0 Å². The molecule has 0 amide bonds. The predicted molar refractivity (Wildman–Crippen MR) is 124 cm³/mol. The van der Waals surface area contributed by atoms with Gasteiger partial charge in [0.2, 0.25) is 5.95 Å². The summed E-state index contributed by atoms with van der Waals surface area (Å²) in [5, 5.41) is 15.6. The topological polar surface area (TPSA) is 94.0 Å². The maximum atomic E-state index is 13.5. The van der Waals surface area contributed by atoms with Crippen molar-refractivity contribution in [3.8, 4) is 11.1 Å². The number of carboxylic acid groups (broad SMARTS) is 2. The molecule has 7 nitrogen and oxygen atoms in total. The largest absolute Gasteiger partial charge is 0.478 e. The summed E-state index contributed by atoms with van der Waals surface area (Å²) in [6.07, 6.45) is 7.03. The van der Waals surface area contributed by atoms with Crippen LogP contribution in [0.1, 0.15) is 17.5 Å². The molecule has 2 aromatic rings.